The Morgan fingerprint density at radius 3 is 2.47 bits per heavy atom. The lowest BCUT2D eigenvalue weighted by molar-refractivity contribution is -0.143. The third kappa shape index (κ3) is 5.24. The van der Waals surface area contributed by atoms with Crippen LogP contribution < -0.4 is 0 Å². The molecule has 38 heavy (non-hydrogen) atoms. The molecule has 1 saturated carbocycles. The summed E-state index contributed by atoms with van der Waals surface area (Å²) in [6, 6.07) is 7.24. The minimum atomic E-state index is -0.932. The van der Waals surface area contributed by atoms with Gasteiger partial charge in [-0.2, -0.15) is 0 Å². The zero-order valence-corrected chi connectivity index (χ0v) is 23.1. The molecule has 0 radical (unpaired) electrons. The number of nitrogens with zero attached hydrogens (tertiary/aromatic N) is 1. The SMILES string of the molecule is CC/C(=C\c1ccc(O)cc1)CC[C@H]1OB(O)C[C@H]2C1=C(C(C)C)C[C@H]1C(=O)N(C3CCCCC3)C(=O)[C@H]12. The van der Waals surface area contributed by atoms with Crippen LogP contribution in [0, 0.1) is 23.7 Å². The summed E-state index contributed by atoms with van der Waals surface area (Å²) in [7, 11) is -0.932. The molecular weight excluding hydrogens is 477 g/mol. The van der Waals surface area contributed by atoms with Crippen LogP contribution in [0.25, 0.3) is 6.08 Å². The molecule has 2 aliphatic carbocycles. The van der Waals surface area contributed by atoms with Gasteiger partial charge >= 0.3 is 7.12 Å². The number of phenols is 1. The molecule has 6 nitrogen and oxygen atoms in total. The molecule has 0 spiro atoms. The largest absolute Gasteiger partial charge is 0.508 e. The third-order valence-corrected chi connectivity index (χ3v) is 9.36. The van der Waals surface area contributed by atoms with Crippen molar-refractivity contribution in [3.63, 3.8) is 0 Å². The fraction of sp³-hybridized carbons (Fsp3) is 0.613. The highest BCUT2D eigenvalue weighted by Crippen LogP contribution is 2.52. The molecule has 1 aromatic rings. The molecule has 2 saturated heterocycles. The summed E-state index contributed by atoms with van der Waals surface area (Å²) in [6.07, 6.45) is 10.5. The van der Waals surface area contributed by atoms with Crippen LogP contribution in [0.15, 0.2) is 41.0 Å². The van der Waals surface area contributed by atoms with E-state index in [9.17, 15) is 19.7 Å². The lowest BCUT2D eigenvalue weighted by Gasteiger charge is -2.44. The molecule has 7 heteroatoms. The number of carbonyl (C=O) groups excluding carboxylic acids is 2. The van der Waals surface area contributed by atoms with Crippen LogP contribution in [0.5, 0.6) is 5.75 Å². The predicted molar refractivity (Wildman–Crippen MR) is 149 cm³/mol. The Labute approximate surface area is 227 Å². The Bertz CT molecular complexity index is 1100. The van der Waals surface area contributed by atoms with Crippen LogP contribution >= 0.6 is 0 Å². The Kier molecular flexibility index (Phi) is 8.15. The number of carbonyl (C=O) groups is 2. The monoisotopic (exact) mass is 519 g/mol. The molecule has 0 unspecified atom stereocenters. The number of likely N-dealkylation sites (tertiary alicyclic amines) is 1. The van der Waals surface area contributed by atoms with Crippen LogP contribution in [0.3, 0.4) is 0 Å². The van der Waals surface area contributed by atoms with Crippen LogP contribution in [0.2, 0.25) is 6.32 Å². The summed E-state index contributed by atoms with van der Waals surface area (Å²) in [5, 5.41) is 20.4. The second-order valence-corrected chi connectivity index (χ2v) is 12.0. The van der Waals surface area contributed by atoms with E-state index in [1.54, 1.807) is 17.0 Å². The van der Waals surface area contributed by atoms with E-state index < -0.39 is 7.12 Å². The van der Waals surface area contributed by atoms with Crippen molar-refractivity contribution < 1.29 is 24.4 Å². The summed E-state index contributed by atoms with van der Waals surface area (Å²) in [5.41, 5.74) is 4.74. The van der Waals surface area contributed by atoms with Crippen molar-refractivity contribution in [2.45, 2.75) is 97.0 Å². The van der Waals surface area contributed by atoms with Crippen molar-refractivity contribution in [3.05, 3.63) is 46.5 Å². The lowest BCUT2D eigenvalue weighted by Crippen LogP contribution is -2.47. The number of amides is 2. The molecule has 204 valence electrons. The summed E-state index contributed by atoms with van der Waals surface area (Å²) in [6.45, 7) is 6.48. The molecule has 4 aliphatic rings. The highest BCUT2D eigenvalue weighted by atomic mass is 16.5. The van der Waals surface area contributed by atoms with Gasteiger partial charge in [0.05, 0.1) is 17.9 Å². The van der Waals surface area contributed by atoms with Gasteiger partial charge in [0.1, 0.15) is 5.75 Å². The van der Waals surface area contributed by atoms with Gasteiger partial charge in [0.15, 0.2) is 0 Å². The zero-order chi connectivity index (χ0) is 27.0. The minimum absolute atomic E-state index is 0.00784. The minimum Gasteiger partial charge on any atom is -0.508 e. The van der Waals surface area contributed by atoms with Crippen LogP contribution in [-0.4, -0.2) is 46.1 Å². The van der Waals surface area contributed by atoms with Crippen molar-refractivity contribution in [3.8, 4) is 5.75 Å². The normalized spacial score (nSPS) is 28.8. The van der Waals surface area contributed by atoms with E-state index in [0.29, 0.717) is 12.7 Å². The van der Waals surface area contributed by atoms with Crippen molar-refractivity contribution in [2.75, 3.05) is 0 Å². The molecule has 3 fully saturated rings. The lowest BCUT2D eigenvalue weighted by atomic mass is 9.57. The standard InChI is InChI=1S/C31H42BNO5/c1-4-20(16-21-10-13-23(34)14-11-21)12-15-27-28-24(19(2)3)17-25-29(26(28)18-32(37)38-27)31(36)33(30(25)35)22-8-6-5-7-9-22/h10-11,13-14,16,19,22,25-27,29,34,37H,4-9,12,15,17-18H2,1-3H3/b20-16+/t25-,26+,27-,29-/m1/s1. The molecule has 4 atom stereocenters. The number of phenolic OH excluding ortho intramolecular Hbond substituents is 1. The molecule has 2 heterocycles. The summed E-state index contributed by atoms with van der Waals surface area (Å²) < 4.78 is 6.18. The van der Waals surface area contributed by atoms with Gasteiger partial charge in [0.2, 0.25) is 11.8 Å². The average molecular weight is 519 g/mol. The second-order valence-electron chi connectivity index (χ2n) is 12.0. The average Bonchev–Trinajstić information content (AvgIpc) is 3.16. The van der Waals surface area contributed by atoms with Crippen LogP contribution in [0.4, 0.5) is 0 Å². The number of benzene rings is 1. The molecular formula is C31H42BNO5. The van der Waals surface area contributed by atoms with Crippen LogP contribution in [-0.2, 0) is 14.2 Å². The Balaban J connectivity index is 1.41. The quantitative estimate of drug-likeness (QED) is 0.272. The first-order valence-electron chi connectivity index (χ1n) is 14.7. The Morgan fingerprint density at radius 2 is 1.82 bits per heavy atom. The first-order valence-corrected chi connectivity index (χ1v) is 14.7. The summed E-state index contributed by atoms with van der Waals surface area (Å²) in [4.78, 5) is 29.2. The van der Waals surface area contributed by atoms with Gasteiger partial charge < -0.3 is 14.8 Å². The van der Waals surface area contributed by atoms with E-state index in [1.807, 2.05) is 12.1 Å². The Morgan fingerprint density at radius 1 is 1.11 bits per heavy atom. The molecule has 5 rings (SSSR count). The van der Waals surface area contributed by atoms with E-state index in [0.717, 1.165) is 50.5 Å². The number of hydrogen-bond donors (Lipinski definition) is 2. The second kappa shape index (κ2) is 11.4. The molecule has 2 amide bonds. The zero-order valence-electron chi connectivity index (χ0n) is 23.1. The maximum absolute atomic E-state index is 13.9. The van der Waals surface area contributed by atoms with Gasteiger partial charge in [-0.1, -0.05) is 69.4 Å². The number of allylic oxidation sites excluding steroid dienone is 2. The van der Waals surface area contributed by atoms with E-state index in [4.69, 9.17) is 4.65 Å². The number of rotatable bonds is 7. The van der Waals surface area contributed by atoms with Gasteiger partial charge in [-0.25, -0.2) is 0 Å². The predicted octanol–water partition coefficient (Wildman–Crippen LogP) is 5.75. The Hall–Kier alpha value is -2.38. The van der Waals surface area contributed by atoms with E-state index >= 15 is 0 Å². The highest BCUT2D eigenvalue weighted by molar-refractivity contribution is 6.43. The van der Waals surface area contributed by atoms with Gasteiger partial charge in [-0.3, -0.25) is 14.5 Å². The first kappa shape index (κ1) is 27.2. The van der Waals surface area contributed by atoms with E-state index in [1.165, 1.54) is 23.1 Å². The van der Waals surface area contributed by atoms with E-state index in [2.05, 4.69) is 26.8 Å². The summed E-state index contributed by atoms with van der Waals surface area (Å²) >= 11 is 0. The fourth-order valence-electron chi connectivity index (χ4n) is 7.45. The maximum atomic E-state index is 13.9. The van der Waals surface area contributed by atoms with Gasteiger partial charge in [0, 0.05) is 6.04 Å². The fourth-order valence-corrected chi connectivity index (χ4v) is 7.45. The molecule has 1 aromatic carbocycles. The van der Waals surface area contributed by atoms with Crippen molar-refractivity contribution in [1.29, 1.82) is 0 Å². The van der Waals surface area contributed by atoms with Crippen molar-refractivity contribution in [2.24, 2.45) is 23.7 Å². The van der Waals surface area contributed by atoms with Crippen molar-refractivity contribution >= 4 is 25.0 Å². The number of aromatic hydroxyl groups is 1. The van der Waals surface area contributed by atoms with E-state index in [-0.39, 0.29) is 53.4 Å². The van der Waals surface area contributed by atoms with Crippen molar-refractivity contribution in [1.82, 2.24) is 4.90 Å². The molecule has 0 bridgehead atoms. The highest BCUT2D eigenvalue weighted by Gasteiger charge is 2.58. The molecule has 2 aliphatic heterocycles. The molecule has 0 aromatic heterocycles. The number of imide groups is 1. The van der Waals surface area contributed by atoms with Gasteiger partial charge in [-0.05, 0) is 80.0 Å². The summed E-state index contributed by atoms with van der Waals surface area (Å²) in [5.74, 6) is -0.307. The first-order chi connectivity index (χ1) is 18.3. The number of hydrogen-bond acceptors (Lipinski definition) is 5. The topological polar surface area (TPSA) is 87.1 Å². The van der Waals surface area contributed by atoms with Crippen LogP contribution in [0.1, 0.15) is 84.1 Å². The maximum Gasteiger partial charge on any atom is 0.455 e. The van der Waals surface area contributed by atoms with Gasteiger partial charge in [-0.15, -0.1) is 0 Å². The third-order valence-electron chi connectivity index (χ3n) is 9.36. The smallest absolute Gasteiger partial charge is 0.455 e. The molecule has 2 N–H and O–H groups in total. The van der Waals surface area contributed by atoms with Gasteiger partial charge in [0.25, 0.3) is 0 Å². The number of fused-ring (bicyclic) bond motifs is 3.